The van der Waals surface area contributed by atoms with Crippen LogP contribution >= 0.6 is 0 Å². The van der Waals surface area contributed by atoms with Gasteiger partial charge in [0.2, 0.25) is 0 Å². The lowest BCUT2D eigenvalue weighted by Crippen LogP contribution is -2.45. The van der Waals surface area contributed by atoms with Crippen molar-refractivity contribution in [3.63, 3.8) is 0 Å². The summed E-state index contributed by atoms with van der Waals surface area (Å²) in [7, 11) is 0. The number of carbonyl (C=O) groups excluding carboxylic acids is 2. The van der Waals surface area contributed by atoms with Crippen LogP contribution in [0.1, 0.15) is 24.5 Å². The number of carbonyl (C=O) groups is 2. The number of esters is 1. The summed E-state index contributed by atoms with van der Waals surface area (Å²) in [6.07, 6.45) is -0.835. The Bertz CT molecular complexity index is 705. The van der Waals surface area contributed by atoms with Gasteiger partial charge in [-0.1, -0.05) is 60.7 Å². The molecule has 6 nitrogen and oxygen atoms in total. The first-order valence-electron chi connectivity index (χ1n) is 8.87. The van der Waals surface area contributed by atoms with E-state index in [4.69, 9.17) is 9.47 Å². The van der Waals surface area contributed by atoms with Crippen LogP contribution in [0.15, 0.2) is 60.7 Å². The Morgan fingerprint density at radius 3 is 2.15 bits per heavy atom. The molecule has 6 heteroatoms. The van der Waals surface area contributed by atoms with Crippen molar-refractivity contribution in [2.24, 2.45) is 0 Å². The predicted octanol–water partition coefficient (Wildman–Crippen LogP) is 2.84. The van der Waals surface area contributed by atoms with Crippen LogP contribution in [0.4, 0.5) is 4.79 Å². The van der Waals surface area contributed by atoms with E-state index < -0.39 is 24.2 Å². The summed E-state index contributed by atoms with van der Waals surface area (Å²) >= 11 is 0. The number of rotatable bonds is 9. The third-order valence-corrected chi connectivity index (χ3v) is 4.00. The van der Waals surface area contributed by atoms with Crippen LogP contribution in [0.25, 0.3) is 0 Å². The molecule has 0 aliphatic carbocycles. The maximum atomic E-state index is 12.2. The Balaban J connectivity index is 1.93. The van der Waals surface area contributed by atoms with Gasteiger partial charge in [0, 0.05) is 13.3 Å². The van der Waals surface area contributed by atoms with Gasteiger partial charge in [0.15, 0.2) is 0 Å². The zero-order chi connectivity index (χ0) is 19.5. The second kappa shape index (κ2) is 11.0. The molecule has 2 N–H and O–H groups in total. The number of aliphatic hydroxyl groups is 1. The minimum Gasteiger partial charge on any atom is -0.466 e. The molecule has 2 rings (SSSR count). The van der Waals surface area contributed by atoms with Crippen molar-refractivity contribution in [3.8, 4) is 0 Å². The topological polar surface area (TPSA) is 84.9 Å². The lowest BCUT2D eigenvalue weighted by molar-refractivity contribution is -0.141. The van der Waals surface area contributed by atoms with E-state index >= 15 is 0 Å². The fourth-order valence-electron chi connectivity index (χ4n) is 2.59. The highest BCUT2D eigenvalue weighted by Crippen LogP contribution is 2.10. The van der Waals surface area contributed by atoms with Gasteiger partial charge in [-0.15, -0.1) is 0 Å². The maximum Gasteiger partial charge on any atom is 0.407 e. The number of ether oxygens (including phenoxy) is 2. The van der Waals surface area contributed by atoms with E-state index in [1.807, 2.05) is 60.7 Å². The van der Waals surface area contributed by atoms with E-state index in [0.29, 0.717) is 6.42 Å². The number of benzene rings is 2. The normalized spacial score (nSPS) is 12.7. The van der Waals surface area contributed by atoms with Gasteiger partial charge >= 0.3 is 12.1 Å². The van der Waals surface area contributed by atoms with Crippen LogP contribution in [0, 0.1) is 0 Å². The van der Waals surface area contributed by atoms with Gasteiger partial charge in [0.25, 0.3) is 0 Å². The van der Waals surface area contributed by atoms with Crippen molar-refractivity contribution in [1.29, 1.82) is 0 Å². The lowest BCUT2D eigenvalue weighted by atomic mass is 9.99. The first-order chi connectivity index (χ1) is 13.0. The molecule has 0 fully saturated rings. The Morgan fingerprint density at radius 2 is 1.56 bits per heavy atom. The molecule has 144 valence electrons. The zero-order valence-corrected chi connectivity index (χ0v) is 15.3. The van der Waals surface area contributed by atoms with E-state index in [-0.39, 0.29) is 19.6 Å². The molecule has 0 aliphatic rings. The highest BCUT2D eigenvalue weighted by Gasteiger charge is 2.22. The average molecular weight is 371 g/mol. The molecule has 0 saturated carbocycles. The molecular formula is C21H25NO5. The SMILES string of the molecule is CC(=O)OCCC(O)C(Cc1ccccc1)NC(=O)OCc1ccccc1. The van der Waals surface area contributed by atoms with Crippen molar-refractivity contribution >= 4 is 12.1 Å². The summed E-state index contributed by atoms with van der Waals surface area (Å²) in [6, 6.07) is 18.3. The van der Waals surface area contributed by atoms with E-state index in [2.05, 4.69) is 5.32 Å². The molecular weight excluding hydrogens is 346 g/mol. The lowest BCUT2D eigenvalue weighted by Gasteiger charge is -2.24. The monoisotopic (exact) mass is 371 g/mol. The summed E-state index contributed by atoms with van der Waals surface area (Å²) in [5, 5.41) is 13.2. The second-order valence-electron chi connectivity index (χ2n) is 6.20. The van der Waals surface area contributed by atoms with E-state index in [0.717, 1.165) is 11.1 Å². The summed E-state index contributed by atoms with van der Waals surface area (Å²) in [4.78, 5) is 23.1. The van der Waals surface area contributed by atoms with E-state index in [1.54, 1.807) is 0 Å². The summed E-state index contributed by atoms with van der Waals surface area (Å²) < 4.78 is 10.1. The molecule has 2 atom stereocenters. The molecule has 27 heavy (non-hydrogen) atoms. The van der Waals surface area contributed by atoms with Gasteiger partial charge in [-0.3, -0.25) is 4.79 Å². The van der Waals surface area contributed by atoms with Crippen LogP contribution in [-0.2, 0) is 27.3 Å². The van der Waals surface area contributed by atoms with Gasteiger partial charge in [0.1, 0.15) is 6.61 Å². The molecule has 1 amide bonds. The number of nitrogens with one attached hydrogen (secondary N) is 1. The Kier molecular flexibility index (Phi) is 8.32. The predicted molar refractivity (Wildman–Crippen MR) is 101 cm³/mol. The highest BCUT2D eigenvalue weighted by molar-refractivity contribution is 5.67. The molecule has 0 aliphatic heterocycles. The largest absolute Gasteiger partial charge is 0.466 e. The molecule has 2 unspecified atom stereocenters. The van der Waals surface area contributed by atoms with Gasteiger partial charge in [0.05, 0.1) is 18.8 Å². The van der Waals surface area contributed by atoms with Crippen LogP contribution in [-0.4, -0.2) is 35.9 Å². The third kappa shape index (κ3) is 7.92. The van der Waals surface area contributed by atoms with Crippen molar-refractivity contribution in [3.05, 3.63) is 71.8 Å². The minimum absolute atomic E-state index is 0.0858. The van der Waals surface area contributed by atoms with E-state index in [1.165, 1.54) is 6.92 Å². The van der Waals surface area contributed by atoms with Gasteiger partial charge in [-0.25, -0.2) is 4.79 Å². The molecule has 0 radical (unpaired) electrons. The molecule has 0 aromatic heterocycles. The minimum atomic E-state index is -0.881. The fourth-order valence-corrected chi connectivity index (χ4v) is 2.59. The molecule has 2 aromatic rings. The number of hydrogen-bond acceptors (Lipinski definition) is 5. The molecule has 0 bridgehead atoms. The van der Waals surface area contributed by atoms with Crippen LogP contribution in [0.2, 0.25) is 0 Å². The number of aliphatic hydroxyl groups excluding tert-OH is 1. The molecule has 0 heterocycles. The summed E-state index contributed by atoms with van der Waals surface area (Å²) in [6.45, 7) is 1.55. The number of alkyl carbamates (subject to hydrolysis) is 1. The Labute approximate surface area is 159 Å². The first kappa shape index (κ1) is 20.5. The van der Waals surface area contributed by atoms with Gasteiger partial charge in [-0.05, 0) is 17.5 Å². The van der Waals surface area contributed by atoms with Crippen LogP contribution in [0.5, 0.6) is 0 Å². The quantitative estimate of drug-likeness (QED) is 0.662. The molecule has 0 saturated heterocycles. The molecule has 0 spiro atoms. The van der Waals surface area contributed by atoms with Crippen molar-refractivity contribution < 1.29 is 24.2 Å². The van der Waals surface area contributed by atoms with Crippen molar-refractivity contribution in [2.45, 2.75) is 38.5 Å². The van der Waals surface area contributed by atoms with Gasteiger partial charge < -0.3 is 19.9 Å². The van der Waals surface area contributed by atoms with Crippen molar-refractivity contribution in [1.82, 2.24) is 5.32 Å². The summed E-state index contributed by atoms with van der Waals surface area (Å²) in [5.41, 5.74) is 1.85. The van der Waals surface area contributed by atoms with Gasteiger partial charge in [-0.2, -0.15) is 0 Å². The first-order valence-corrected chi connectivity index (χ1v) is 8.87. The maximum absolute atomic E-state index is 12.2. The van der Waals surface area contributed by atoms with Crippen LogP contribution < -0.4 is 5.32 Å². The number of hydrogen-bond donors (Lipinski definition) is 2. The number of amides is 1. The standard InChI is InChI=1S/C21H25NO5/c1-16(23)26-13-12-20(24)19(14-17-8-4-2-5-9-17)22-21(25)27-15-18-10-6-3-7-11-18/h2-11,19-20,24H,12-15H2,1H3,(H,22,25). The molecule has 2 aromatic carbocycles. The van der Waals surface area contributed by atoms with Crippen molar-refractivity contribution in [2.75, 3.05) is 6.61 Å². The fraction of sp³-hybridized carbons (Fsp3) is 0.333. The Hall–Kier alpha value is -2.86. The highest BCUT2D eigenvalue weighted by atomic mass is 16.5. The summed E-state index contributed by atoms with van der Waals surface area (Å²) in [5.74, 6) is -0.406. The van der Waals surface area contributed by atoms with E-state index in [9.17, 15) is 14.7 Å². The smallest absolute Gasteiger partial charge is 0.407 e. The average Bonchev–Trinajstić information content (AvgIpc) is 2.67. The van der Waals surface area contributed by atoms with Crippen LogP contribution in [0.3, 0.4) is 0 Å². The third-order valence-electron chi connectivity index (χ3n) is 4.00. The Morgan fingerprint density at radius 1 is 0.963 bits per heavy atom. The second-order valence-corrected chi connectivity index (χ2v) is 6.20. The zero-order valence-electron chi connectivity index (χ0n) is 15.3.